The summed E-state index contributed by atoms with van der Waals surface area (Å²) in [5, 5.41) is 0.660. The first kappa shape index (κ1) is 10.1. The topological polar surface area (TPSA) is 4.93 Å². The van der Waals surface area contributed by atoms with Gasteiger partial charge in [-0.25, -0.2) is 0 Å². The number of alkyl halides is 3. The van der Waals surface area contributed by atoms with E-state index in [1.807, 2.05) is 6.92 Å². The molecule has 0 unspecified atom stereocenters. The number of aromatic nitrogens is 1. The Kier molecular flexibility index (Phi) is 2.03. The normalized spacial score (nSPS) is 12.3. The van der Waals surface area contributed by atoms with Gasteiger partial charge in [0.2, 0.25) is 0 Å². The second-order valence-corrected chi connectivity index (χ2v) is 3.62. The predicted molar refractivity (Wildman–Crippen MR) is 52.7 cm³/mol. The Bertz CT molecular complexity index is 508. The summed E-state index contributed by atoms with van der Waals surface area (Å²) in [6, 6.07) is 4.26. The third-order valence-electron chi connectivity index (χ3n) is 2.51. The third-order valence-corrected chi connectivity index (χ3v) is 2.51. The first-order valence-corrected chi connectivity index (χ1v) is 4.53. The quantitative estimate of drug-likeness (QED) is 0.631. The Hall–Kier alpha value is -1.45. The minimum absolute atomic E-state index is 0.252. The minimum Gasteiger partial charge on any atom is -0.350 e. The monoisotopic (exact) mass is 213 g/mol. The van der Waals surface area contributed by atoms with Crippen LogP contribution in [0.2, 0.25) is 0 Å². The Balaban J connectivity index is 2.87. The van der Waals surface area contributed by atoms with Gasteiger partial charge in [-0.3, -0.25) is 0 Å². The van der Waals surface area contributed by atoms with Gasteiger partial charge in [-0.2, -0.15) is 13.2 Å². The number of nitrogens with zero attached hydrogens (tertiary/aromatic N) is 1. The summed E-state index contributed by atoms with van der Waals surface area (Å²) >= 11 is 0. The molecule has 15 heavy (non-hydrogen) atoms. The minimum atomic E-state index is -4.29. The molecule has 0 saturated carbocycles. The van der Waals surface area contributed by atoms with Gasteiger partial charge in [0.05, 0.1) is 11.1 Å². The molecule has 0 aliphatic heterocycles. The van der Waals surface area contributed by atoms with E-state index in [4.69, 9.17) is 0 Å². The maximum atomic E-state index is 12.7. The van der Waals surface area contributed by atoms with E-state index in [1.54, 1.807) is 19.3 Å². The summed E-state index contributed by atoms with van der Waals surface area (Å²) in [7, 11) is 1.63. The molecular weight excluding hydrogens is 203 g/mol. The number of aryl methyl sites for hydroxylation is 2. The van der Waals surface area contributed by atoms with Crippen molar-refractivity contribution in [1.82, 2.24) is 4.57 Å². The molecule has 1 heterocycles. The first-order valence-electron chi connectivity index (χ1n) is 4.53. The SMILES string of the molecule is Cc1cn(C)c2c(C(F)(F)F)cccc12. The van der Waals surface area contributed by atoms with E-state index in [0.717, 1.165) is 11.6 Å². The van der Waals surface area contributed by atoms with Crippen LogP contribution in [-0.2, 0) is 13.2 Å². The van der Waals surface area contributed by atoms with Crippen LogP contribution in [0.25, 0.3) is 10.9 Å². The smallest absolute Gasteiger partial charge is 0.350 e. The number of hydrogen-bond donors (Lipinski definition) is 0. The van der Waals surface area contributed by atoms with Crippen LogP contribution in [0.4, 0.5) is 13.2 Å². The molecule has 0 amide bonds. The number of para-hydroxylation sites is 1. The van der Waals surface area contributed by atoms with Crippen LogP contribution < -0.4 is 0 Å². The van der Waals surface area contributed by atoms with E-state index in [9.17, 15) is 13.2 Å². The van der Waals surface area contributed by atoms with Crippen LogP contribution in [0.1, 0.15) is 11.1 Å². The van der Waals surface area contributed by atoms with Gasteiger partial charge in [0.15, 0.2) is 0 Å². The van der Waals surface area contributed by atoms with Crippen molar-refractivity contribution in [2.45, 2.75) is 13.1 Å². The highest BCUT2D eigenvalue weighted by atomic mass is 19.4. The molecule has 0 saturated heterocycles. The molecular formula is C11H10F3N. The van der Waals surface area contributed by atoms with Crippen LogP contribution >= 0.6 is 0 Å². The van der Waals surface area contributed by atoms with Gasteiger partial charge in [-0.1, -0.05) is 12.1 Å². The molecule has 1 nitrogen and oxygen atoms in total. The van der Waals surface area contributed by atoms with Gasteiger partial charge in [-0.15, -0.1) is 0 Å². The van der Waals surface area contributed by atoms with Crippen molar-refractivity contribution in [2.24, 2.45) is 7.05 Å². The summed E-state index contributed by atoms with van der Waals surface area (Å²) in [6.07, 6.45) is -2.59. The molecule has 0 aliphatic carbocycles. The third kappa shape index (κ3) is 1.50. The van der Waals surface area contributed by atoms with Gasteiger partial charge in [0.25, 0.3) is 0 Å². The van der Waals surface area contributed by atoms with Crippen molar-refractivity contribution in [3.8, 4) is 0 Å². The second-order valence-electron chi connectivity index (χ2n) is 3.62. The van der Waals surface area contributed by atoms with Crippen LogP contribution in [0.3, 0.4) is 0 Å². The van der Waals surface area contributed by atoms with Gasteiger partial charge in [-0.05, 0) is 18.6 Å². The first-order chi connectivity index (χ1) is 6.91. The van der Waals surface area contributed by atoms with E-state index in [1.165, 1.54) is 10.6 Å². The van der Waals surface area contributed by atoms with Gasteiger partial charge in [0, 0.05) is 18.6 Å². The van der Waals surface area contributed by atoms with Gasteiger partial charge >= 0.3 is 6.18 Å². The average Bonchev–Trinajstić information content (AvgIpc) is 2.41. The zero-order valence-corrected chi connectivity index (χ0v) is 8.39. The van der Waals surface area contributed by atoms with E-state index in [-0.39, 0.29) is 5.52 Å². The highest BCUT2D eigenvalue weighted by Crippen LogP contribution is 2.35. The van der Waals surface area contributed by atoms with Crippen molar-refractivity contribution >= 4 is 10.9 Å². The van der Waals surface area contributed by atoms with Gasteiger partial charge < -0.3 is 4.57 Å². The van der Waals surface area contributed by atoms with Gasteiger partial charge in [0.1, 0.15) is 0 Å². The lowest BCUT2D eigenvalue weighted by Crippen LogP contribution is -2.07. The van der Waals surface area contributed by atoms with Crippen molar-refractivity contribution < 1.29 is 13.2 Å². The second kappa shape index (κ2) is 3.02. The standard InChI is InChI=1S/C11H10F3N/c1-7-6-15(2)10-8(7)4-3-5-9(10)11(12,13)14/h3-6H,1-2H3. The highest BCUT2D eigenvalue weighted by Gasteiger charge is 2.33. The Morgan fingerprint density at radius 1 is 1.20 bits per heavy atom. The van der Waals surface area contributed by atoms with E-state index >= 15 is 0 Å². The van der Waals surface area contributed by atoms with Crippen molar-refractivity contribution in [1.29, 1.82) is 0 Å². The number of benzene rings is 1. The lowest BCUT2D eigenvalue weighted by atomic mass is 10.1. The Labute approximate surface area is 85.1 Å². The zero-order valence-electron chi connectivity index (χ0n) is 8.39. The van der Waals surface area contributed by atoms with Crippen molar-refractivity contribution in [2.75, 3.05) is 0 Å². The number of halogens is 3. The molecule has 4 heteroatoms. The molecule has 1 aromatic heterocycles. The van der Waals surface area contributed by atoms with Crippen LogP contribution in [0, 0.1) is 6.92 Å². The molecule has 2 rings (SSSR count). The number of fused-ring (bicyclic) bond motifs is 1. The molecule has 2 aromatic rings. The highest BCUT2D eigenvalue weighted by molar-refractivity contribution is 5.87. The molecule has 0 fully saturated rings. The Morgan fingerprint density at radius 2 is 1.87 bits per heavy atom. The summed E-state index contributed by atoms with van der Waals surface area (Å²) in [4.78, 5) is 0. The largest absolute Gasteiger partial charge is 0.418 e. The molecule has 1 aromatic carbocycles. The lowest BCUT2D eigenvalue weighted by molar-refractivity contribution is -0.136. The molecule has 0 atom stereocenters. The van der Waals surface area contributed by atoms with E-state index in [0.29, 0.717) is 5.39 Å². The van der Waals surface area contributed by atoms with Crippen molar-refractivity contribution in [3.05, 3.63) is 35.5 Å². The van der Waals surface area contributed by atoms with Crippen LogP contribution in [0.15, 0.2) is 24.4 Å². The fraction of sp³-hybridized carbons (Fsp3) is 0.273. The number of hydrogen-bond acceptors (Lipinski definition) is 0. The molecule has 0 N–H and O–H groups in total. The van der Waals surface area contributed by atoms with Crippen molar-refractivity contribution in [3.63, 3.8) is 0 Å². The summed E-state index contributed by atoms with van der Waals surface area (Å²) < 4.78 is 39.6. The zero-order chi connectivity index (χ0) is 11.2. The van der Waals surface area contributed by atoms with E-state index < -0.39 is 11.7 Å². The Morgan fingerprint density at radius 3 is 2.47 bits per heavy atom. The number of rotatable bonds is 0. The predicted octanol–water partition coefficient (Wildman–Crippen LogP) is 3.51. The lowest BCUT2D eigenvalue weighted by Gasteiger charge is -2.09. The molecule has 0 radical (unpaired) electrons. The van der Waals surface area contributed by atoms with Crippen LogP contribution in [0.5, 0.6) is 0 Å². The fourth-order valence-electron chi connectivity index (χ4n) is 1.90. The summed E-state index contributed by atoms with van der Waals surface area (Å²) in [5.41, 5.74) is 0.539. The fourth-order valence-corrected chi connectivity index (χ4v) is 1.90. The summed E-state index contributed by atoms with van der Waals surface area (Å²) in [5.74, 6) is 0. The average molecular weight is 213 g/mol. The summed E-state index contributed by atoms with van der Waals surface area (Å²) in [6.45, 7) is 1.81. The maximum absolute atomic E-state index is 12.7. The molecule has 0 bridgehead atoms. The molecule has 0 spiro atoms. The van der Waals surface area contributed by atoms with E-state index in [2.05, 4.69) is 0 Å². The molecule has 0 aliphatic rings. The maximum Gasteiger partial charge on any atom is 0.418 e. The van der Waals surface area contributed by atoms with Crippen LogP contribution in [-0.4, -0.2) is 4.57 Å². The molecule has 80 valence electrons.